The number of aromatic nitrogens is 2. The summed E-state index contributed by atoms with van der Waals surface area (Å²) in [5, 5.41) is 14.0. The molecule has 1 heterocycles. The van der Waals surface area contributed by atoms with Crippen LogP contribution in [0.2, 0.25) is 10.0 Å². The van der Waals surface area contributed by atoms with Crippen LogP contribution in [0, 0.1) is 6.92 Å². The number of aryl methyl sites for hydroxylation is 1. The van der Waals surface area contributed by atoms with Crippen LogP contribution in [0.5, 0.6) is 0 Å². The molecule has 0 aliphatic carbocycles. The van der Waals surface area contributed by atoms with Crippen molar-refractivity contribution in [2.24, 2.45) is 0 Å². The first kappa shape index (κ1) is 16.2. The Labute approximate surface area is 133 Å². The van der Waals surface area contributed by atoms with Gasteiger partial charge in [0.25, 0.3) is 0 Å². The minimum Gasteiger partial charge on any atom is -0.396 e. The van der Waals surface area contributed by atoms with E-state index in [-0.39, 0.29) is 6.61 Å². The Morgan fingerprint density at radius 1 is 1.24 bits per heavy atom. The van der Waals surface area contributed by atoms with E-state index in [4.69, 9.17) is 32.8 Å². The van der Waals surface area contributed by atoms with Gasteiger partial charge in [0.15, 0.2) is 5.82 Å². The summed E-state index contributed by atoms with van der Waals surface area (Å²) in [5.74, 6) is 1.17. The zero-order valence-electron chi connectivity index (χ0n) is 11.7. The standard InChI is InChI=1S/C14H17Cl2N3O2/c1-10-17-14(18-21-10)9-19(5-2-6-20)8-11-3-4-12(15)13(16)7-11/h3-4,7,20H,2,5-6,8-9H2,1H3. The van der Waals surface area contributed by atoms with Crippen LogP contribution in [-0.4, -0.2) is 33.3 Å². The van der Waals surface area contributed by atoms with Crippen LogP contribution in [-0.2, 0) is 13.1 Å². The molecule has 0 aliphatic rings. The monoisotopic (exact) mass is 329 g/mol. The maximum absolute atomic E-state index is 9.02. The van der Waals surface area contributed by atoms with Crippen LogP contribution in [0.25, 0.3) is 0 Å². The van der Waals surface area contributed by atoms with Crippen molar-refractivity contribution in [1.29, 1.82) is 0 Å². The van der Waals surface area contributed by atoms with Crippen molar-refractivity contribution >= 4 is 23.2 Å². The number of halogens is 2. The fourth-order valence-corrected chi connectivity index (χ4v) is 2.33. The normalized spacial score (nSPS) is 11.3. The van der Waals surface area contributed by atoms with Gasteiger partial charge in [0, 0.05) is 26.6 Å². The molecule has 2 rings (SSSR count). The Morgan fingerprint density at radius 2 is 2.05 bits per heavy atom. The highest BCUT2D eigenvalue weighted by molar-refractivity contribution is 6.42. The minimum absolute atomic E-state index is 0.142. The summed E-state index contributed by atoms with van der Waals surface area (Å²) in [4.78, 5) is 6.33. The number of rotatable bonds is 7. The third-order valence-corrected chi connectivity index (χ3v) is 3.70. The average molecular weight is 330 g/mol. The van der Waals surface area contributed by atoms with Crippen LogP contribution in [0.1, 0.15) is 23.7 Å². The lowest BCUT2D eigenvalue weighted by Gasteiger charge is -2.20. The van der Waals surface area contributed by atoms with Crippen LogP contribution < -0.4 is 0 Å². The number of aliphatic hydroxyl groups is 1. The Morgan fingerprint density at radius 3 is 2.67 bits per heavy atom. The van der Waals surface area contributed by atoms with E-state index in [1.165, 1.54) is 0 Å². The zero-order chi connectivity index (χ0) is 15.2. The molecule has 114 valence electrons. The van der Waals surface area contributed by atoms with Gasteiger partial charge in [-0.3, -0.25) is 4.90 Å². The van der Waals surface area contributed by atoms with Crippen LogP contribution in [0.4, 0.5) is 0 Å². The molecule has 0 bridgehead atoms. The molecule has 1 aromatic heterocycles. The molecule has 0 radical (unpaired) electrons. The van der Waals surface area contributed by atoms with Gasteiger partial charge in [-0.1, -0.05) is 34.4 Å². The number of aliphatic hydroxyl groups excluding tert-OH is 1. The van der Waals surface area contributed by atoms with E-state index in [2.05, 4.69) is 15.0 Å². The first-order chi connectivity index (χ1) is 10.1. The van der Waals surface area contributed by atoms with E-state index in [9.17, 15) is 0 Å². The second kappa shape index (κ2) is 7.75. The maximum Gasteiger partial charge on any atom is 0.223 e. The van der Waals surface area contributed by atoms with Crippen molar-refractivity contribution in [2.45, 2.75) is 26.4 Å². The van der Waals surface area contributed by atoms with Gasteiger partial charge < -0.3 is 9.63 Å². The van der Waals surface area contributed by atoms with Crippen molar-refractivity contribution < 1.29 is 9.63 Å². The van der Waals surface area contributed by atoms with Gasteiger partial charge in [0.2, 0.25) is 5.89 Å². The van der Waals surface area contributed by atoms with Crippen molar-refractivity contribution in [3.8, 4) is 0 Å². The second-order valence-corrected chi connectivity index (χ2v) is 5.58. The largest absolute Gasteiger partial charge is 0.396 e. The quantitative estimate of drug-likeness (QED) is 0.845. The van der Waals surface area contributed by atoms with E-state index in [0.717, 1.165) is 12.1 Å². The highest BCUT2D eigenvalue weighted by Crippen LogP contribution is 2.23. The smallest absolute Gasteiger partial charge is 0.223 e. The fourth-order valence-electron chi connectivity index (χ4n) is 2.01. The fraction of sp³-hybridized carbons (Fsp3) is 0.429. The third kappa shape index (κ3) is 4.97. The van der Waals surface area contributed by atoms with E-state index < -0.39 is 0 Å². The van der Waals surface area contributed by atoms with Gasteiger partial charge in [-0.15, -0.1) is 0 Å². The Hall–Kier alpha value is -1.14. The Bertz CT molecular complexity index is 589. The lowest BCUT2D eigenvalue weighted by atomic mass is 10.2. The highest BCUT2D eigenvalue weighted by atomic mass is 35.5. The first-order valence-electron chi connectivity index (χ1n) is 6.65. The van der Waals surface area contributed by atoms with Gasteiger partial charge in [0.1, 0.15) is 0 Å². The summed E-state index contributed by atoms with van der Waals surface area (Å²) < 4.78 is 4.98. The van der Waals surface area contributed by atoms with Crippen LogP contribution in [0.15, 0.2) is 22.7 Å². The van der Waals surface area contributed by atoms with Crippen molar-refractivity contribution in [3.05, 3.63) is 45.5 Å². The van der Waals surface area contributed by atoms with E-state index >= 15 is 0 Å². The molecule has 0 spiro atoms. The molecule has 0 fully saturated rings. The summed E-state index contributed by atoms with van der Waals surface area (Å²) in [7, 11) is 0. The summed E-state index contributed by atoms with van der Waals surface area (Å²) in [6.07, 6.45) is 0.679. The van der Waals surface area contributed by atoms with Crippen LogP contribution >= 0.6 is 23.2 Å². The molecule has 2 aromatic rings. The predicted octanol–water partition coefficient (Wildman–Crippen LogP) is 3.07. The molecule has 0 saturated carbocycles. The molecular weight excluding hydrogens is 313 g/mol. The van der Waals surface area contributed by atoms with Gasteiger partial charge in [-0.2, -0.15) is 4.98 Å². The Balaban J connectivity index is 2.06. The SMILES string of the molecule is Cc1nc(CN(CCCO)Cc2ccc(Cl)c(Cl)c2)no1. The molecule has 5 nitrogen and oxygen atoms in total. The molecule has 0 unspecified atom stereocenters. The number of benzene rings is 1. The summed E-state index contributed by atoms with van der Waals surface area (Å²) >= 11 is 12.0. The number of nitrogens with zero attached hydrogens (tertiary/aromatic N) is 3. The molecule has 0 aliphatic heterocycles. The molecule has 1 N–H and O–H groups in total. The van der Waals surface area contributed by atoms with Gasteiger partial charge in [-0.25, -0.2) is 0 Å². The van der Waals surface area contributed by atoms with Gasteiger partial charge >= 0.3 is 0 Å². The molecule has 7 heteroatoms. The maximum atomic E-state index is 9.02. The van der Waals surface area contributed by atoms with E-state index in [1.807, 2.05) is 12.1 Å². The lowest BCUT2D eigenvalue weighted by molar-refractivity contribution is 0.207. The second-order valence-electron chi connectivity index (χ2n) is 4.77. The summed E-state index contributed by atoms with van der Waals surface area (Å²) in [5.41, 5.74) is 1.04. The highest BCUT2D eigenvalue weighted by Gasteiger charge is 2.12. The van der Waals surface area contributed by atoms with Gasteiger partial charge in [-0.05, 0) is 24.1 Å². The molecule has 0 atom stereocenters. The lowest BCUT2D eigenvalue weighted by Crippen LogP contribution is -2.25. The molecule has 1 aromatic carbocycles. The van der Waals surface area contributed by atoms with E-state index in [0.29, 0.717) is 41.3 Å². The number of hydrogen-bond acceptors (Lipinski definition) is 5. The number of hydrogen-bond donors (Lipinski definition) is 1. The minimum atomic E-state index is 0.142. The van der Waals surface area contributed by atoms with Crippen molar-refractivity contribution in [1.82, 2.24) is 15.0 Å². The van der Waals surface area contributed by atoms with Crippen molar-refractivity contribution in [3.63, 3.8) is 0 Å². The summed E-state index contributed by atoms with van der Waals surface area (Å²) in [6.45, 7) is 3.85. The summed E-state index contributed by atoms with van der Waals surface area (Å²) in [6, 6.07) is 5.56. The first-order valence-corrected chi connectivity index (χ1v) is 7.40. The zero-order valence-corrected chi connectivity index (χ0v) is 13.2. The Kier molecular flexibility index (Phi) is 5.99. The third-order valence-electron chi connectivity index (χ3n) is 2.96. The van der Waals surface area contributed by atoms with E-state index in [1.54, 1.807) is 13.0 Å². The topological polar surface area (TPSA) is 62.4 Å². The predicted molar refractivity (Wildman–Crippen MR) is 81.3 cm³/mol. The van der Waals surface area contributed by atoms with Crippen molar-refractivity contribution in [2.75, 3.05) is 13.2 Å². The van der Waals surface area contributed by atoms with Gasteiger partial charge in [0.05, 0.1) is 16.6 Å². The molecule has 0 saturated heterocycles. The van der Waals surface area contributed by atoms with Crippen LogP contribution in [0.3, 0.4) is 0 Å². The molecule has 21 heavy (non-hydrogen) atoms. The average Bonchev–Trinajstić information content (AvgIpc) is 2.85. The molecular formula is C14H17Cl2N3O2. The molecule has 0 amide bonds.